The zero-order valence-electron chi connectivity index (χ0n) is 20.8. The number of likely N-dealkylation sites (N-methyl/N-ethyl adjacent to an activating group) is 1. The van der Waals surface area contributed by atoms with Gasteiger partial charge in [-0.1, -0.05) is 73.2 Å². The Labute approximate surface area is 231 Å². The summed E-state index contributed by atoms with van der Waals surface area (Å²) >= 11 is 1.57. The van der Waals surface area contributed by atoms with Crippen molar-refractivity contribution in [2.24, 2.45) is 0 Å². The second kappa shape index (κ2) is 11.2. The predicted molar refractivity (Wildman–Crippen MR) is 155 cm³/mol. The summed E-state index contributed by atoms with van der Waals surface area (Å²) in [5, 5.41) is 7.87. The van der Waals surface area contributed by atoms with Crippen LogP contribution in [-0.2, 0) is 17.8 Å². The van der Waals surface area contributed by atoms with Crippen LogP contribution < -0.4 is 10.2 Å². The molecule has 1 atom stereocenters. The number of thioether (sulfide) groups is 1. The third-order valence-corrected chi connectivity index (χ3v) is 7.90. The highest BCUT2D eigenvalue weighted by Gasteiger charge is 2.31. The lowest BCUT2D eigenvalue weighted by Crippen LogP contribution is -2.48. The number of aromatic nitrogens is 2. The molecular formula is C31H30N4O3S. The van der Waals surface area contributed by atoms with Crippen LogP contribution in [0.1, 0.15) is 34.8 Å². The topological polar surface area (TPSA) is 80.4 Å². The van der Waals surface area contributed by atoms with Crippen LogP contribution in [-0.4, -0.2) is 40.4 Å². The molecule has 198 valence electrons. The van der Waals surface area contributed by atoms with Crippen LogP contribution in [0.2, 0.25) is 0 Å². The number of hydrogen-bond acceptors (Lipinski definition) is 5. The second-order valence-corrected chi connectivity index (χ2v) is 10.4. The van der Waals surface area contributed by atoms with E-state index in [-0.39, 0.29) is 19.0 Å². The van der Waals surface area contributed by atoms with Crippen LogP contribution in [0.3, 0.4) is 0 Å². The molecule has 1 N–H and O–H groups in total. The van der Waals surface area contributed by atoms with Crippen molar-refractivity contribution in [3.63, 3.8) is 0 Å². The van der Waals surface area contributed by atoms with E-state index >= 15 is 0 Å². The van der Waals surface area contributed by atoms with E-state index in [0.29, 0.717) is 17.9 Å². The summed E-state index contributed by atoms with van der Waals surface area (Å²) in [6.45, 7) is 0.769. The molecule has 2 aromatic heterocycles. The van der Waals surface area contributed by atoms with Crippen molar-refractivity contribution in [1.29, 1.82) is 0 Å². The lowest BCUT2D eigenvalue weighted by Gasteiger charge is -2.21. The van der Waals surface area contributed by atoms with Crippen molar-refractivity contribution in [3.05, 3.63) is 114 Å². The van der Waals surface area contributed by atoms with E-state index < -0.39 is 11.9 Å². The fourth-order valence-corrected chi connectivity index (χ4v) is 5.85. The SMILES string of the molecule is C.CN1C(=O)[C@@H](NC(=O)c2cc(Cc3ccccc3)on2)CSc2cc3c(ccn3Cc3ccccc3)cc21. The molecular weight excluding hydrogens is 508 g/mol. The minimum Gasteiger partial charge on any atom is -0.360 e. The monoisotopic (exact) mass is 538 g/mol. The fourth-order valence-electron chi connectivity index (χ4n) is 4.74. The number of anilines is 1. The molecule has 0 saturated carbocycles. The minimum absolute atomic E-state index is 0. The zero-order chi connectivity index (χ0) is 26.1. The van der Waals surface area contributed by atoms with Crippen LogP contribution >= 0.6 is 11.8 Å². The average molecular weight is 539 g/mol. The zero-order valence-corrected chi connectivity index (χ0v) is 21.7. The van der Waals surface area contributed by atoms with Crippen LogP contribution in [0.4, 0.5) is 5.69 Å². The van der Waals surface area contributed by atoms with Gasteiger partial charge >= 0.3 is 0 Å². The number of fused-ring (bicyclic) bond motifs is 2. The standard InChI is InChI=1S/C30H26N4O3S.CH4/c1-33-27-15-22-12-13-34(18-21-10-6-3-7-11-21)26(22)17-28(27)38-19-25(30(33)36)31-29(35)24-16-23(37-32-24)14-20-8-4-2-5-9-20;/h2-13,15-17,25H,14,18-19H2,1H3,(H,31,35);1H4/t25-;/m0./s1. The Bertz CT molecular complexity index is 1610. The molecule has 0 fully saturated rings. The normalized spacial score (nSPS) is 14.9. The van der Waals surface area contributed by atoms with E-state index in [1.54, 1.807) is 29.8 Å². The molecule has 2 amide bonds. The Morgan fingerprint density at radius 3 is 2.49 bits per heavy atom. The Morgan fingerprint density at radius 2 is 1.74 bits per heavy atom. The van der Waals surface area contributed by atoms with E-state index in [0.717, 1.165) is 33.6 Å². The molecule has 6 rings (SSSR count). The summed E-state index contributed by atoms with van der Waals surface area (Å²) in [7, 11) is 1.76. The number of carbonyl (C=O) groups is 2. The highest BCUT2D eigenvalue weighted by atomic mass is 32.2. The predicted octanol–water partition coefficient (Wildman–Crippen LogP) is 5.77. The van der Waals surface area contributed by atoms with Crippen LogP contribution in [0, 0.1) is 0 Å². The molecule has 0 bridgehead atoms. The van der Waals surface area contributed by atoms with E-state index in [9.17, 15) is 9.59 Å². The first kappa shape index (κ1) is 26.3. The van der Waals surface area contributed by atoms with Gasteiger partial charge in [0.2, 0.25) is 5.91 Å². The summed E-state index contributed by atoms with van der Waals surface area (Å²) in [5.74, 6) is 0.420. The van der Waals surface area contributed by atoms with Gasteiger partial charge < -0.3 is 19.3 Å². The molecule has 1 aliphatic heterocycles. The summed E-state index contributed by atoms with van der Waals surface area (Å²) < 4.78 is 7.59. The van der Waals surface area contributed by atoms with Gasteiger partial charge in [-0.25, -0.2) is 0 Å². The van der Waals surface area contributed by atoms with Gasteiger partial charge in [0.15, 0.2) is 5.69 Å². The van der Waals surface area contributed by atoms with Crippen molar-refractivity contribution >= 4 is 40.2 Å². The van der Waals surface area contributed by atoms with Crippen LogP contribution in [0.25, 0.3) is 10.9 Å². The van der Waals surface area contributed by atoms with Crippen molar-refractivity contribution in [1.82, 2.24) is 15.0 Å². The van der Waals surface area contributed by atoms with Crippen molar-refractivity contribution in [3.8, 4) is 0 Å². The molecule has 0 saturated heterocycles. The molecule has 0 aliphatic carbocycles. The maximum atomic E-state index is 13.4. The van der Waals surface area contributed by atoms with Gasteiger partial charge in [-0.05, 0) is 29.3 Å². The van der Waals surface area contributed by atoms with Crippen molar-refractivity contribution < 1.29 is 14.1 Å². The van der Waals surface area contributed by atoms with Gasteiger partial charge in [-0.3, -0.25) is 9.59 Å². The second-order valence-electron chi connectivity index (χ2n) is 9.38. The first-order valence-corrected chi connectivity index (χ1v) is 13.4. The molecule has 7 nitrogen and oxygen atoms in total. The van der Waals surface area contributed by atoms with E-state index in [2.05, 4.69) is 51.6 Å². The highest BCUT2D eigenvalue weighted by molar-refractivity contribution is 7.99. The number of carbonyl (C=O) groups excluding carboxylic acids is 2. The summed E-state index contributed by atoms with van der Waals surface area (Å²) in [6.07, 6.45) is 2.62. The van der Waals surface area contributed by atoms with Gasteiger partial charge in [-0.2, -0.15) is 0 Å². The van der Waals surface area contributed by atoms with Gasteiger partial charge in [0, 0.05) is 53.8 Å². The van der Waals surface area contributed by atoms with Gasteiger partial charge in [0.05, 0.1) is 5.69 Å². The van der Waals surface area contributed by atoms with Crippen LogP contribution in [0.5, 0.6) is 0 Å². The molecule has 3 aromatic carbocycles. The third kappa shape index (κ3) is 5.47. The first-order chi connectivity index (χ1) is 18.5. The highest BCUT2D eigenvalue weighted by Crippen LogP contribution is 2.37. The summed E-state index contributed by atoms with van der Waals surface area (Å²) in [6, 6.07) is 27.4. The number of nitrogens with zero attached hydrogens (tertiary/aromatic N) is 3. The third-order valence-electron chi connectivity index (χ3n) is 6.76. The number of rotatable bonds is 6. The lowest BCUT2D eigenvalue weighted by molar-refractivity contribution is -0.119. The molecule has 1 aliphatic rings. The molecule has 0 unspecified atom stereocenters. The Hall–Kier alpha value is -4.30. The van der Waals surface area contributed by atoms with Gasteiger partial charge in [0.1, 0.15) is 11.8 Å². The maximum absolute atomic E-state index is 13.4. The Balaban J connectivity index is 0.00000308. The van der Waals surface area contributed by atoms with Crippen LogP contribution in [0.15, 0.2) is 101 Å². The number of hydrogen-bond donors (Lipinski definition) is 1. The largest absolute Gasteiger partial charge is 0.360 e. The van der Waals surface area contributed by atoms with E-state index in [1.807, 2.05) is 48.5 Å². The Morgan fingerprint density at radius 1 is 1.03 bits per heavy atom. The van der Waals surface area contributed by atoms with E-state index in [4.69, 9.17) is 4.52 Å². The Kier molecular flexibility index (Phi) is 7.56. The van der Waals surface area contributed by atoms with Crippen molar-refractivity contribution in [2.75, 3.05) is 17.7 Å². The van der Waals surface area contributed by atoms with Gasteiger partial charge in [0.25, 0.3) is 5.91 Å². The molecule has 39 heavy (non-hydrogen) atoms. The lowest BCUT2D eigenvalue weighted by atomic mass is 10.1. The molecule has 0 spiro atoms. The maximum Gasteiger partial charge on any atom is 0.274 e. The number of benzene rings is 3. The molecule has 3 heterocycles. The molecule has 8 heteroatoms. The minimum atomic E-state index is -0.690. The number of amides is 2. The van der Waals surface area contributed by atoms with E-state index in [1.165, 1.54) is 5.56 Å². The van der Waals surface area contributed by atoms with Gasteiger partial charge in [-0.15, -0.1) is 11.8 Å². The summed E-state index contributed by atoms with van der Waals surface area (Å²) in [5.41, 5.74) is 4.40. The fraction of sp³-hybridized carbons (Fsp3) is 0.194. The van der Waals surface area contributed by atoms with Crippen molar-refractivity contribution in [2.45, 2.75) is 31.3 Å². The average Bonchev–Trinajstić information content (AvgIpc) is 3.55. The molecule has 5 aromatic rings. The summed E-state index contributed by atoms with van der Waals surface area (Å²) in [4.78, 5) is 29.0. The number of nitrogens with one attached hydrogen (secondary N) is 1. The smallest absolute Gasteiger partial charge is 0.274 e. The quantitative estimate of drug-likeness (QED) is 0.297. The molecule has 0 radical (unpaired) electrons. The first-order valence-electron chi connectivity index (χ1n) is 12.4.